The molecule has 4 rings (SSSR count). The Morgan fingerprint density at radius 1 is 0.903 bits per heavy atom. The SMILES string of the molecule is COCCn1c(C)cc(/C=C2/C(=O)N(c3cccc(C)c3)C(=O)c3ccccc32)c1C. The first kappa shape index (κ1) is 20.8. The van der Waals surface area contributed by atoms with Crippen molar-refractivity contribution in [2.24, 2.45) is 0 Å². The summed E-state index contributed by atoms with van der Waals surface area (Å²) in [6.07, 6.45) is 1.90. The molecule has 1 aromatic heterocycles. The van der Waals surface area contributed by atoms with E-state index in [9.17, 15) is 9.59 Å². The molecule has 0 aliphatic carbocycles. The number of aryl methyl sites for hydroxylation is 2. The number of methoxy groups -OCH3 is 1. The number of carbonyl (C=O) groups excluding carboxylic acids is 2. The highest BCUT2D eigenvalue weighted by Crippen LogP contribution is 2.34. The minimum absolute atomic E-state index is 0.297. The van der Waals surface area contributed by atoms with E-state index in [-0.39, 0.29) is 11.8 Å². The molecule has 2 aromatic carbocycles. The van der Waals surface area contributed by atoms with Gasteiger partial charge in [-0.3, -0.25) is 9.59 Å². The van der Waals surface area contributed by atoms with E-state index >= 15 is 0 Å². The minimum Gasteiger partial charge on any atom is -0.383 e. The molecule has 0 bridgehead atoms. The summed E-state index contributed by atoms with van der Waals surface area (Å²) in [5.74, 6) is -0.607. The van der Waals surface area contributed by atoms with E-state index in [2.05, 4.69) is 10.6 Å². The van der Waals surface area contributed by atoms with Gasteiger partial charge in [0.25, 0.3) is 11.8 Å². The normalized spacial score (nSPS) is 15.0. The molecule has 0 atom stereocenters. The van der Waals surface area contributed by atoms with Gasteiger partial charge in [-0.25, -0.2) is 4.90 Å². The molecule has 1 aliphatic heterocycles. The van der Waals surface area contributed by atoms with E-state index in [1.54, 1.807) is 19.2 Å². The van der Waals surface area contributed by atoms with E-state index in [0.29, 0.717) is 29.0 Å². The molecular formula is C26H26N2O3. The zero-order chi connectivity index (χ0) is 22.1. The van der Waals surface area contributed by atoms with Gasteiger partial charge in [-0.1, -0.05) is 30.3 Å². The van der Waals surface area contributed by atoms with E-state index in [4.69, 9.17) is 4.74 Å². The summed E-state index contributed by atoms with van der Waals surface area (Å²) >= 11 is 0. The largest absolute Gasteiger partial charge is 0.383 e. The number of aromatic nitrogens is 1. The Bertz CT molecular complexity index is 1200. The number of nitrogens with zero attached hydrogens (tertiary/aromatic N) is 2. The monoisotopic (exact) mass is 414 g/mol. The van der Waals surface area contributed by atoms with Gasteiger partial charge in [0.2, 0.25) is 0 Å². The van der Waals surface area contributed by atoms with Gasteiger partial charge in [0.15, 0.2) is 0 Å². The van der Waals surface area contributed by atoms with Crippen LogP contribution >= 0.6 is 0 Å². The summed E-state index contributed by atoms with van der Waals surface area (Å²) in [6, 6.07) is 16.8. The van der Waals surface area contributed by atoms with Gasteiger partial charge in [-0.15, -0.1) is 0 Å². The topological polar surface area (TPSA) is 51.5 Å². The van der Waals surface area contributed by atoms with Gasteiger partial charge in [0.05, 0.1) is 12.3 Å². The molecule has 0 saturated heterocycles. The van der Waals surface area contributed by atoms with Crippen LogP contribution in [0.25, 0.3) is 11.6 Å². The molecule has 31 heavy (non-hydrogen) atoms. The van der Waals surface area contributed by atoms with Crippen LogP contribution in [0.5, 0.6) is 0 Å². The molecule has 0 N–H and O–H groups in total. The van der Waals surface area contributed by atoms with Crippen LogP contribution in [0.3, 0.4) is 0 Å². The zero-order valence-corrected chi connectivity index (χ0v) is 18.3. The summed E-state index contributed by atoms with van der Waals surface area (Å²) in [5.41, 5.74) is 6.42. The predicted octanol–water partition coefficient (Wildman–Crippen LogP) is 4.79. The Balaban J connectivity index is 1.86. The van der Waals surface area contributed by atoms with E-state index in [1.807, 2.05) is 63.2 Å². The third-order valence-corrected chi connectivity index (χ3v) is 5.78. The van der Waals surface area contributed by atoms with Crippen molar-refractivity contribution in [3.8, 4) is 0 Å². The molecular weight excluding hydrogens is 388 g/mol. The van der Waals surface area contributed by atoms with E-state index in [0.717, 1.165) is 29.1 Å². The van der Waals surface area contributed by atoms with Gasteiger partial charge >= 0.3 is 0 Å². The van der Waals surface area contributed by atoms with Crippen molar-refractivity contribution >= 4 is 29.2 Å². The molecule has 3 aromatic rings. The molecule has 5 nitrogen and oxygen atoms in total. The number of rotatable bonds is 5. The van der Waals surface area contributed by atoms with E-state index in [1.165, 1.54) is 4.90 Å². The number of hydrogen-bond donors (Lipinski definition) is 0. The van der Waals surface area contributed by atoms with Gasteiger partial charge in [-0.2, -0.15) is 0 Å². The van der Waals surface area contributed by atoms with Gasteiger partial charge < -0.3 is 9.30 Å². The maximum atomic E-state index is 13.6. The molecule has 0 unspecified atom stereocenters. The second kappa shape index (κ2) is 8.36. The summed E-state index contributed by atoms with van der Waals surface area (Å²) in [4.78, 5) is 28.1. The lowest BCUT2D eigenvalue weighted by atomic mass is 9.91. The molecule has 0 radical (unpaired) electrons. The van der Waals surface area contributed by atoms with Crippen LogP contribution in [0, 0.1) is 20.8 Å². The summed E-state index contributed by atoms with van der Waals surface area (Å²) < 4.78 is 7.41. The van der Waals surface area contributed by atoms with Crippen LogP contribution in [0.15, 0.2) is 54.6 Å². The molecule has 0 fully saturated rings. The minimum atomic E-state index is -0.309. The lowest BCUT2D eigenvalue weighted by molar-refractivity contribution is -0.112. The van der Waals surface area contributed by atoms with Crippen LogP contribution in [-0.4, -0.2) is 30.1 Å². The lowest BCUT2D eigenvalue weighted by Gasteiger charge is -2.29. The number of ether oxygens (including phenoxy) is 1. The first-order chi connectivity index (χ1) is 14.9. The smallest absolute Gasteiger partial charge is 0.265 e. The first-order valence-corrected chi connectivity index (χ1v) is 10.3. The molecule has 0 spiro atoms. The van der Waals surface area contributed by atoms with Crippen molar-refractivity contribution in [3.63, 3.8) is 0 Å². The maximum Gasteiger partial charge on any atom is 0.265 e. The number of hydrogen-bond acceptors (Lipinski definition) is 3. The van der Waals surface area contributed by atoms with Crippen LogP contribution in [0.2, 0.25) is 0 Å². The molecule has 158 valence electrons. The number of imide groups is 1. The van der Waals surface area contributed by atoms with Gasteiger partial charge in [-0.05, 0) is 67.8 Å². The standard InChI is InChI=1S/C26H26N2O3/c1-17-8-7-9-21(14-17)28-25(29)23-11-6-5-10-22(23)24(26(28)30)16-20-15-18(2)27(19(20)3)12-13-31-4/h5-11,14-16H,12-13H2,1-4H3/b24-16+. The Labute approximate surface area is 182 Å². The average molecular weight is 415 g/mol. The third kappa shape index (κ3) is 3.73. The number of fused-ring (bicyclic) bond motifs is 1. The molecule has 2 amide bonds. The van der Waals surface area contributed by atoms with Crippen molar-refractivity contribution in [2.45, 2.75) is 27.3 Å². The highest BCUT2D eigenvalue weighted by Gasteiger charge is 2.35. The molecule has 5 heteroatoms. The van der Waals surface area contributed by atoms with Crippen molar-refractivity contribution in [2.75, 3.05) is 18.6 Å². The number of benzene rings is 2. The van der Waals surface area contributed by atoms with Gasteiger partial charge in [0.1, 0.15) is 0 Å². The second-order valence-electron chi connectivity index (χ2n) is 7.86. The predicted molar refractivity (Wildman–Crippen MR) is 123 cm³/mol. The van der Waals surface area contributed by atoms with Gasteiger partial charge in [0, 0.05) is 36.2 Å². The second-order valence-corrected chi connectivity index (χ2v) is 7.86. The summed E-state index contributed by atoms with van der Waals surface area (Å²) in [7, 11) is 1.69. The quantitative estimate of drug-likeness (QED) is 0.446. The zero-order valence-electron chi connectivity index (χ0n) is 18.3. The Kier molecular flexibility index (Phi) is 5.61. The first-order valence-electron chi connectivity index (χ1n) is 10.3. The Hall–Kier alpha value is -3.44. The summed E-state index contributed by atoms with van der Waals surface area (Å²) in [5, 5.41) is 0. The van der Waals surface area contributed by atoms with Crippen molar-refractivity contribution in [1.29, 1.82) is 0 Å². The lowest BCUT2D eigenvalue weighted by Crippen LogP contribution is -2.41. The highest BCUT2D eigenvalue weighted by molar-refractivity contribution is 6.43. The number of amides is 2. The fourth-order valence-electron chi connectivity index (χ4n) is 4.15. The highest BCUT2D eigenvalue weighted by atomic mass is 16.5. The molecule has 0 saturated carbocycles. The molecule has 1 aliphatic rings. The number of carbonyl (C=O) groups is 2. The van der Waals surface area contributed by atoms with Crippen molar-refractivity contribution in [1.82, 2.24) is 4.57 Å². The van der Waals surface area contributed by atoms with Crippen LogP contribution in [0.1, 0.15) is 38.4 Å². The van der Waals surface area contributed by atoms with Crippen LogP contribution < -0.4 is 4.90 Å². The Morgan fingerprint density at radius 2 is 1.65 bits per heavy atom. The van der Waals surface area contributed by atoms with E-state index < -0.39 is 0 Å². The van der Waals surface area contributed by atoms with Crippen molar-refractivity contribution in [3.05, 3.63) is 88.2 Å². The van der Waals surface area contributed by atoms with Crippen molar-refractivity contribution < 1.29 is 14.3 Å². The maximum absolute atomic E-state index is 13.6. The Morgan fingerprint density at radius 3 is 2.35 bits per heavy atom. The fraction of sp³-hybridized carbons (Fsp3) is 0.231. The molecule has 2 heterocycles. The fourth-order valence-corrected chi connectivity index (χ4v) is 4.15. The number of anilines is 1. The summed E-state index contributed by atoms with van der Waals surface area (Å²) in [6.45, 7) is 7.39. The average Bonchev–Trinajstić information content (AvgIpc) is 3.02. The van der Waals surface area contributed by atoms with Crippen LogP contribution in [-0.2, 0) is 16.1 Å². The third-order valence-electron chi connectivity index (χ3n) is 5.78. The van der Waals surface area contributed by atoms with Crippen LogP contribution in [0.4, 0.5) is 5.69 Å².